The van der Waals surface area contributed by atoms with Gasteiger partial charge in [0.15, 0.2) is 12.4 Å². The van der Waals surface area contributed by atoms with Crippen molar-refractivity contribution in [1.82, 2.24) is 4.90 Å². The molecular formula is C18H16ClF2NO3. The highest BCUT2D eigenvalue weighted by molar-refractivity contribution is 6.31. The molecule has 0 bridgehead atoms. The molecule has 7 heteroatoms. The number of benzene rings is 2. The number of hydrogen-bond donors (Lipinski definition) is 0. The summed E-state index contributed by atoms with van der Waals surface area (Å²) in [6.45, 7) is 0.862. The van der Waals surface area contributed by atoms with Crippen molar-refractivity contribution in [3.8, 4) is 5.75 Å². The molecule has 25 heavy (non-hydrogen) atoms. The highest BCUT2D eigenvalue weighted by atomic mass is 35.5. The van der Waals surface area contributed by atoms with E-state index in [0.29, 0.717) is 0 Å². The first-order chi connectivity index (χ1) is 11.8. The van der Waals surface area contributed by atoms with Crippen LogP contribution in [0.5, 0.6) is 5.75 Å². The van der Waals surface area contributed by atoms with E-state index in [1.807, 2.05) is 0 Å². The number of rotatable bonds is 6. The molecule has 0 saturated heterocycles. The van der Waals surface area contributed by atoms with E-state index in [4.69, 9.17) is 16.3 Å². The molecule has 0 atom stereocenters. The van der Waals surface area contributed by atoms with Crippen molar-refractivity contribution in [2.24, 2.45) is 0 Å². The van der Waals surface area contributed by atoms with Gasteiger partial charge in [0.2, 0.25) is 0 Å². The molecule has 2 aromatic rings. The fourth-order valence-electron chi connectivity index (χ4n) is 2.16. The van der Waals surface area contributed by atoms with Crippen LogP contribution in [0.2, 0.25) is 5.02 Å². The van der Waals surface area contributed by atoms with Crippen LogP contribution in [0.25, 0.3) is 0 Å². The van der Waals surface area contributed by atoms with Gasteiger partial charge in [0.05, 0.1) is 5.56 Å². The maximum atomic E-state index is 13.8. The molecule has 0 N–H and O–H groups in total. The molecule has 0 aromatic heterocycles. The second-order valence-electron chi connectivity index (χ2n) is 5.44. The van der Waals surface area contributed by atoms with Gasteiger partial charge in [-0.15, -0.1) is 0 Å². The Labute approximate surface area is 149 Å². The summed E-state index contributed by atoms with van der Waals surface area (Å²) in [5.74, 6) is -1.80. The minimum atomic E-state index is -0.574. The van der Waals surface area contributed by atoms with Crippen LogP contribution >= 0.6 is 11.6 Å². The lowest BCUT2D eigenvalue weighted by molar-refractivity contribution is -0.132. The molecule has 1 amide bonds. The first-order valence-electron chi connectivity index (χ1n) is 7.39. The molecule has 4 nitrogen and oxygen atoms in total. The highest BCUT2D eigenvalue weighted by Crippen LogP contribution is 2.22. The lowest BCUT2D eigenvalue weighted by atomic mass is 10.1. The average molecular weight is 368 g/mol. The number of Topliss-reactive ketones (excluding diaryl/α,β-unsaturated/α-hetero) is 1. The maximum Gasteiger partial charge on any atom is 0.260 e. The first-order valence-corrected chi connectivity index (χ1v) is 7.77. The van der Waals surface area contributed by atoms with Gasteiger partial charge in [0.25, 0.3) is 5.91 Å². The second kappa shape index (κ2) is 8.07. The zero-order valence-corrected chi connectivity index (χ0v) is 14.4. The van der Waals surface area contributed by atoms with Crippen LogP contribution in [-0.2, 0) is 11.3 Å². The molecule has 2 rings (SSSR count). The summed E-state index contributed by atoms with van der Waals surface area (Å²) in [7, 11) is 1.48. The molecule has 132 valence electrons. The van der Waals surface area contributed by atoms with Crippen molar-refractivity contribution >= 4 is 23.3 Å². The molecule has 0 heterocycles. The Kier molecular flexibility index (Phi) is 6.09. The maximum absolute atomic E-state index is 13.8. The van der Waals surface area contributed by atoms with E-state index in [1.54, 1.807) is 0 Å². The summed E-state index contributed by atoms with van der Waals surface area (Å²) in [5.41, 5.74) is 0.249. The molecule has 0 unspecified atom stereocenters. The van der Waals surface area contributed by atoms with Crippen LogP contribution in [0.1, 0.15) is 22.8 Å². The van der Waals surface area contributed by atoms with E-state index in [0.717, 1.165) is 12.1 Å². The molecule has 0 aliphatic carbocycles. The number of likely N-dealkylation sites (N-methyl/N-ethyl adjacent to an activating group) is 1. The number of amides is 1. The van der Waals surface area contributed by atoms with E-state index in [9.17, 15) is 18.4 Å². The van der Waals surface area contributed by atoms with Crippen LogP contribution in [0.3, 0.4) is 0 Å². The molecular weight excluding hydrogens is 352 g/mol. The molecule has 0 fully saturated rings. The Bertz CT molecular complexity index is 791. The van der Waals surface area contributed by atoms with Crippen molar-refractivity contribution < 1.29 is 23.1 Å². The van der Waals surface area contributed by atoms with Gasteiger partial charge in [-0.1, -0.05) is 17.7 Å². The standard InChI is InChI=1S/C18H16ClF2NO3/c1-11(23)13-8-12(20)6-7-17(13)25-10-18(24)22(2)9-14-15(19)4-3-5-16(14)21/h3-8H,9-10H2,1-2H3. The zero-order valence-electron chi connectivity index (χ0n) is 13.7. The van der Waals surface area contributed by atoms with Crippen molar-refractivity contribution in [2.45, 2.75) is 13.5 Å². The number of carbonyl (C=O) groups excluding carboxylic acids is 2. The van der Waals surface area contributed by atoms with E-state index in [-0.39, 0.29) is 40.8 Å². The van der Waals surface area contributed by atoms with Crippen LogP contribution in [0.4, 0.5) is 8.78 Å². The number of ether oxygens (including phenoxy) is 1. The predicted molar refractivity (Wildman–Crippen MR) is 89.8 cm³/mol. The Hall–Kier alpha value is -2.47. The third-order valence-corrected chi connectivity index (χ3v) is 3.91. The predicted octanol–water partition coefficient (Wildman–Crippen LogP) is 3.86. The van der Waals surface area contributed by atoms with Crippen molar-refractivity contribution in [2.75, 3.05) is 13.7 Å². The molecule has 2 aromatic carbocycles. The minimum Gasteiger partial charge on any atom is -0.483 e. The average Bonchev–Trinajstić information content (AvgIpc) is 2.56. The lowest BCUT2D eigenvalue weighted by Gasteiger charge is -2.19. The van der Waals surface area contributed by atoms with Gasteiger partial charge >= 0.3 is 0 Å². The lowest BCUT2D eigenvalue weighted by Crippen LogP contribution is -2.31. The van der Waals surface area contributed by atoms with Crippen molar-refractivity contribution in [3.63, 3.8) is 0 Å². The van der Waals surface area contributed by atoms with Gasteiger partial charge in [-0.25, -0.2) is 8.78 Å². The fraction of sp³-hybridized carbons (Fsp3) is 0.222. The number of halogens is 3. The summed E-state index contributed by atoms with van der Waals surface area (Å²) < 4.78 is 32.3. The van der Waals surface area contributed by atoms with E-state index >= 15 is 0 Å². The van der Waals surface area contributed by atoms with Gasteiger partial charge in [0, 0.05) is 24.2 Å². The Balaban J connectivity index is 2.04. The van der Waals surface area contributed by atoms with Crippen LogP contribution in [0, 0.1) is 11.6 Å². The van der Waals surface area contributed by atoms with Gasteiger partial charge in [0.1, 0.15) is 17.4 Å². The van der Waals surface area contributed by atoms with Crippen molar-refractivity contribution in [3.05, 3.63) is 64.2 Å². The number of ketones is 1. The number of nitrogens with zero attached hydrogens (tertiary/aromatic N) is 1. The minimum absolute atomic E-state index is 0.0311. The largest absolute Gasteiger partial charge is 0.483 e. The van der Waals surface area contributed by atoms with E-state index in [1.165, 1.54) is 43.1 Å². The molecule has 0 saturated carbocycles. The quantitative estimate of drug-likeness (QED) is 0.728. The SMILES string of the molecule is CC(=O)c1cc(F)ccc1OCC(=O)N(C)Cc1c(F)cccc1Cl. The number of hydrogen-bond acceptors (Lipinski definition) is 3. The first kappa shape index (κ1) is 18.9. The Morgan fingerprint density at radius 3 is 2.56 bits per heavy atom. The molecule has 0 aliphatic heterocycles. The Morgan fingerprint density at radius 1 is 1.20 bits per heavy atom. The van der Waals surface area contributed by atoms with Crippen LogP contribution in [-0.4, -0.2) is 30.2 Å². The summed E-state index contributed by atoms with van der Waals surface area (Å²) >= 11 is 5.94. The highest BCUT2D eigenvalue weighted by Gasteiger charge is 2.16. The summed E-state index contributed by atoms with van der Waals surface area (Å²) in [6, 6.07) is 7.73. The zero-order chi connectivity index (χ0) is 18.6. The van der Waals surface area contributed by atoms with E-state index in [2.05, 4.69) is 0 Å². The second-order valence-corrected chi connectivity index (χ2v) is 5.84. The monoisotopic (exact) mass is 367 g/mol. The summed E-state index contributed by atoms with van der Waals surface area (Å²) in [5, 5.41) is 0.220. The van der Waals surface area contributed by atoms with Crippen LogP contribution in [0.15, 0.2) is 36.4 Å². The number of carbonyl (C=O) groups is 2. The van der Waals surface area contributed by atoms with Crippen molar-refractivity contribution in [1.29, 1.82) is 0 Å². The third kappa shape index (κ3) is 4.76. The fourth-order valence-corrected chi connectivity index (χ4v) is 2.38. The normalized spacial score (nSPS) is 10.4. The Morgan fingerprint density at radius 2 is 1.92 bits per heavy atom. The summed E-state index contributed by atoms with van der Waals surface area (Å²) in [4.78, 5) is 24.9. The van der Waals surface area contributed by atoms with Gasteiger partial charge in [-0.2, -0.15) is 0 Å². The molecule has 0 radical (unpaired) electrons. The molecule has 0 spiro atoms. The van der Waals surface area contributed by atoms with Gasteiger partial charge in [-0.05, 0) is 37.3 Å². The molecule has 0 aliphatic rings. The third-order valence-electron chi connectivity index (χ3n) is 3.55. The summed E-state index contributed by atoms with van der Waals surface area (Å²) in [6.07, 6.45) is 0. The topological polar surface area (TPSA) is 46.6 Å². The van der Waals surface area contributed by atoms with Gasteiger partial charge in [-0.3, -0.25) is 9.59 Å². The smallest absolute Gasteiger partial charge is 0.260 e. The van der Waals surface area contributed by atoms with E-state index < -0.39 is 17.5 Å². The van der Waals surface area contributed by atoms with Crippen LogP contribution < -0.4 is 4.74 Å². The van der Waals surface area contributed by atoms with Gasteiger partial charge < -0.3 is 9.64 Å².